The molecule has 0 aromatic carbocycles. The van der Waals surface area contributed by atoms with Gasteiger partial charge in [0.2, 0.25) is 0 Å². The van der Waals surface area contributed by atoms with Crippen LogP contribution >= 0.6 is 0 Å². The molecule has 122 valence electrons. The molecule has 3 fully saturated rings. The molecule has 2 N–H and O–H groups in total. The van der Waals surface area contributed by atoms with Crippen LogP contribution in [-0.2, 0) is 4.74 Å². The van der Waals surface area contributed by atoms with Gasteiger partial charge in [-0.15, -0.1) is 0 Å². The average molecular weight is 293 g/mol. The lowest BCUT2D eigenvalue weighted by atomic mass is 9.64. The molecule has 1 saturated heterocycles. The molecule has 1 aliphatic heterocycles. The summed E-state index contributed by atoms with van der Waals surface area (Å²) >= 11 is 0. The second kappa shape index (κ2) is 5.85. The summed E-state index contributed by atoms with van der Waals surface area (Å²) in [5.41, 5.74) is 7.11. The molecule has 0 bridgehead atoms. The van der Waals surface area contributed by atoms with Gasteiger partial charge >= 0.3 is 0 Å². The molecule has 2 heteroatoms. The maximum atomic E-state index is 6.55. The molecule has 0 aromatic rings. The quantitative estimate of drug-likeness (QED) is 0.821. The molecule has 0 radical (unpaired) electrons. The fraction of sp³-hybridized carbons (Fsp3) is 1.00. The first kappa shape index (κ1) is 15.8. The molecule has 2 saturated carbocycles. The summed E-state index contributed by atoms with van der Waals surface area (Å²) in [5, 5.41) is 0. The van der Waals surface area contributed by atoms with E-state index in [-0.39, 0.29) is 5.60 Å². The van der Waals surface area contributed by atoms with Crippen molar-refractivity contribution >= 4 is 0 Å². The van der Waals surface area contributed by atoms with Gasteiger partial charge in [0.15, 0.2) is 0 Å². The second-order valence-corrected chi connectivity index (χ2v) is 9.05. The molecule has 3 aliphatic rings. The second-order valence-electron chi connectivity index (χ2n) is 9.05. The summed E-state index contributed by atoms with van der Waals surface area (Å²) in [6.45, 7) is 7.24. The minimum Gasteiger partial charge on any atom is -0.372 e. The Hall–Kier alpha value is -0.0800. The zero-order valence-electron chi connectivity index (χ0n) is 14.4. The topological polar surface area (TPSA) is 35.2 Å². The summed E-state index contributed by atoms with van der Waals surface area (Å²) in [4.78, 5) is 0. The highest BCUT2D eigenvalue weighted by molar-refractivity contribution is 4.96. The van der Waals surface area contributed by atoms with Gasteiger partial charge in [-0.05, 0) is 62.2 Å². The highest BCUT2D eigenvalue weighted by Gasteiger charge is 2.45. The van der Waals surface area contributed by atoms with Crippen molar-refractivity contribution in [2.45, 2.75) is 103 Å². The summed E-state index contributed by atoms with van der Waals surface area (Å²) in [6.07, 6.45) is 13.5. The van der Waals surface area contributed by atoms with E-state index in [9.17, 15) is 0 Å². The van der Waals surface area contributed by atoms with Crippen molar-refractivity contribution in [3.8, 4) is 0 Å². The maximum absolute atomic E-state index is 6.55. The molecule has 21 heavy (non-hydrogen) atoms. The Labute approximate surface area is 131 Å². The minimum atomic E-state index is 0.282. The SMILES string of the molecule is CC1CCC(C(C)(C)CC2CCC3(CCCC3)O2)C(N)C1. The average Bonchev–Trinajstić information content (AvgIpc) is 2.99. The fourth-order valence-electron chi connectivity index (χ4n) is 5.56. The Balaban J connectivity index is 1.58. The zero-order valence-corrected chi connectivity index (χ0v) is 14.4. The van der Waals surface area contributed by atoms with Crippen LogP contribution in [0.4, 0.5) is 0 Å². The van der Waals surface area contributed by atoms with Crippen LogP contribution in [0.1, 0.15) is 85.0 Å². The Morgan fingerprint density at radius 1 is 1.10 bits per heavy atom. The summed E-state index contributed by atoms with van der Waals surface area (Å²) < 4.78 is 6.55. The van der Waals surface area contributed by atoms with Crippen LogP contribution in [0, 0.1) is 17.3 Å². The van der Waals surface area contributed by atoms with E-state index in [4.69, 9.17) is 10.5 Å². The first-order valence-electron chi connectivity index (χ1n) is 9.34. The molecule has 2 aliphatic carbocycles. The Kier molecular flexibility index (Phi) is 4.40. The first-order valence-corrected chi connectivity index (χ1v) is 9.34. The predicted molar refractivity (Wildman–Crippen MR) is 88.2 cm³/mol. The van der Waals surface area contributed by atoms with Gasteiger partial charge in [0.1, 0.15) is 0 Å². The smallest absolute Gasteiger partial charge is 0.0687 e. The Bertz CT molecular complexity index is 359. The molecule has 4 atom stereocenters. The van der Waals surface area contributed by atoms with Crippen molar-refractivity contribution in [1.82, 2.24) is 0 Å². The third-order valence-electron chi connectivity index (χ3n) is 6.77. The standard InChI is InChI=1S/C19H35NO/c1-14-6-7-16(17(20)12-14)18(2,3)13-15-8-11-19(21-15)9-4-5-10-19/h14-17H,4-13,20H2,1-3H3. The number of nitrogens with two attached hydrogens (primary N) is 1. The van der Waals surface area contributed by atoms with Crippen LogP contribution in [0.3, 0.4) is 0 Å². The van der Waals surface area contributed by atoms with Crippen molar-refractivity contribution in [3.63, 3.8) is 0 Å². The highest BCUT2D eigenvalue weighted by Crippen LogP contribution is 2.48. The summed E-state index contributed by atoms with van der Waals surface area (Å²) in [5.74, 6) is 1.49. The van der Waals surface area contributed by atoms with Gasteiger partial charge in [-0.2, -0.15) is 0 Å². The van der Waals surface area contributed by atoms with E-state index in [0.29, 0.717) is 23.5 Å². The molecule has 1 spiro atoms. The van der Waals surface area contributed by atoms with Gasteiger partial charge in [0.05, 0.1) is 11.7 Å². The molecular formula is C19H35NO. The van der Waals surface area contributed by atoms with Crippen LogP contribution in [0.15, 0.2) is 0 Å². The van der Waals surface area contributed by atoms with Gasteiger partial charge in [-0.25, -0.2) is 0 Å². The van der Waals surface area contributed by atoms with E-state index >= 15 is 0 Å². The first-order chi connectivity index (χ1) is 9.90. The molecule has 1 heterocycles. The summed E-state index contributed by atoms with van der Waals surface area (Å²) in [6, 6.07) is 0.394. The van der Waals surface area contributed by atoms with Crippen molar-refractivity contribution in [1.29, 1.82) is 0 Å². The minimum absolute atomic E-state index is 0.282. The van der Waals surface area contributed by atoms with Crippen LogP contribution < -0.4 is 5.73 Å². The van der Waals surface area contributed by atoms with Crippen LogP contribution in [0.25, 0.3) is 0 Å². The molecule has 0 aromatic heterocycles. The monoisotopic (exact) mass is 293 g/mol. The van der Waals surface area contributed by atoms with E-state index < -0.39 is 0 Å². The molecule has 3 rings (SSSR count). The zero-order chi connectivity index (χ0) is 15.1. The molecule has 4 unspecified atom stereocenters. The lowest BCUT2D eigenvalue weighted by Gasteiger charge is -2.44. The fourth-order valence-corrected chi connectivity index (χ4v) is 5.56. The molecule has 2 nitrogen and oxygen atoms in total. The van der Waals surface area contributed by atoms with Gasteiger partial charge in [-0.3, -0.25) is 0 Å². The predicted octanol–water partition coefficient (Wildman–Crippen LogP) is 4.66. The Morgan fingerprint density at radius 2 is 1.81 bits per heavy atom. The summed E-state index contributed by atoms with van der Waals surface area (Å²) in [7, 11) is 0. The largest absolute Gasteiger partial charge is 0.372 e. The highest BCUT2D eigenvalue weighted by atomic mass is 16.5. The normalized spacial score (nSPS) is 40.0. The van der Waals surface area contributed by atoms with Gasteiger partial charge in [0.25, 0.3) is 0 Å². The third kappa shape index (κ3) is 3.32. The number of ether oxygens (including phenoxy) is 1. The van der Waals surface area contributed by atoms with Gasteiger partial charge < -0.3 is 10.5 Å². The number of rotatable bonds is 3. The van der Waals surface area contributed by atoms with E-state index in [1.54, 1.807) is 0 Å². The Morgan fingerprint density at radius 3 is 2.48 bits per heavy atom. The van der Waals surface area contributed by atoms with Crippen molar-refractivity contribution in [3.05, 3.63) is 0 Å². The van der Waals surface area contributed by atoms with Crippen molar-refractivity contribution < 1.29 is 4.74 Å². The van der Waals surface area contributed by atoms with E-state index in [2.05, 4.69) is 20.8 Å². The van der Waals surface area contributed by atoms with Crippen molar-refractivity contribution in [2.75, 3.05) is 0 Å². The van der Waals surface area contributed by atoms with Crippen LogP contribution in [-0.4, -0.2) is 17.7 Å². The van der Waals surface area contributed by atoms with E-state index in [0.717, 1.165) is 5.92 Å². The third-order valence-corrected chi connectivity index (χ3v) is 6.77. The van der Waals surface area contributed by atoms with Gasteiger partial charge in [0, 0.05) is 6.04 Å². The van der Waals surface area contributed by atoms with Crippen LogP contribution in [0.2, 0.25) is 0 Å². The van der Waals surface area contributed by atoms with Gasteiger partial charge in [-0.1, -0.05) is 40.0 Å². The lowest BCUT2D eigenvalue weighted by Crippen LogP contribution is -2.45. The number of hydrogen-bond acceptors (Lipinski definition) is 2. The van der Waals surface area contributed by atoms with E-state index in [1.165, 1.54) is 64.2 Å². The maximum Gasteiger partial charge on any atom is 0.0687 e. The van der Waals surface area contributed by atoms with E-state index in [1.807, 2.05) is 0 Å². The molecular weight excluding hydrogens is 258 g/mol. The van der Waals surface area contributed by atoms with Crippen molar-refractivity contribution in [2.24, 2.45) is 23.0 Å². The lowest BCUT2D eigenvalue weighted by molar-refractivity contribution is -0.0599. The number of hydrogen-bond donors (Lipinski definition) is 1. The molecule has 0 amide bonds. The van der Waals surface area contributed by atoms with Crippen LogP contribution in [0.5, 0.6) is 0 Å².